The van der Waals surface area contributed by atoms with E-state index < -0.39 is 0 Å². The van der Waals surface area contributed by atoms with Crippen LogP contribution >= 0.6 is 0 Å². The molecule has 2 aliphatic rings. The average molecular weight is 226 g/mol. The molecule has 2 rings (SSSR count). The Bertz CT molecular complexity index is 208. The Hall–Kier alpha value is -0.120. The highest BCUT2D eigenvalue weighted by Crippen LogP contribution is 2.28. The van der Waals surface area contributed by atoms with Crippen molar-refractivity contribution in [2.75, 3.05) is 32.8 Å². The first-order valence-electron chi connectivity index (χ1n) is 6.84. The van der Waals surface area contributed by atoms with E-state index in [9.17, 15) is 0 Å². The fourth-order valence-corrected chi connectivity index (χ4v) is 3.04. The quantitative estimate of drug-likeness (QED) is 0.791. The summed E-state index contributed by atoms with van der Waals surface area (Å²) in [5.74, 6) is 0. The fourth-order valence-electron chi connectivity index (χ4n) is 3.04. The van der Waals surface area contributed by atoms with Gasteiger partial charge >= 0.3 is 0 Å². The number of nitrogens with zero attached hydrogens (tertiary/aromatic N) is 1. The molecule has 1 N–H and O–H groups in total. The standard InChI is InChI=1S/C13H26N2O/c1-3-4-12(2)15-9-10-16-13(11-15)5-7-14-8-6-13/h12,14H,3-11H2,1-2H3. The van der Waals surface area contributed by atoms with Crippen molar-refractivity contribution < 1.29 is 4.74 Å². The topological polar surface area (TPSA) is 24.5 Å². The van der Waals surface area contributed by atoms with E-state index in [1.807, 2.05) is 0 Å². The van der Waals surface area contributed by atoms with Crippen molar-refractivity contribution >= 4 is 0 Å². The van der Waals surface area contributed by atoms with Gasteiger partial charge < -0.3 is 10.1 Å². The number of hydrogen-bond acceptors (Lipinski definition) is 3. The van der Waals surface area contributed by atoms with Crippen LogP contribution in [0.2, 0.25) is 0 Å². The molecule has 2 aliphatic heterocycles. The van der Waals surface area contributed by atoms with Crippen molar-refractivity contribution in [1.29, 1.82) is 0 Å². The summed E-state index contributed by atoms with van der Waals surface area (Å²) < 4.78 is 6.08. The lowest BCUT2D eigenvalue weighted by Gasteiger charge is -2.47. The Labute approximate surface area is 99.5 Å². The molecule has 16 heavy (non-hydrogen) atoms. The monoisotopic (exact) mass is 226 g/mol. The van der Waals surface area contributed by atoms with Crippen LogP contribution in [0, 0.1) is 0 Å². The maximum Gasteiger partial charge on any atom is 0.0833 e. The van der Waals surface area contributed by atoms with E-state index >= 15 is 0 Å². The third-order valence-electron chi connectivity index (χ3n) is 4.12. The van der Waals surface area contributed by atoms with E-state index in [-0.39, 0.29) is 5.60 Å². The number of rotatable bonds is 3. The highest BCUT2D eigenvalue weighted by Gasteiger charge is 2.38. The summed E-state index contributed by atoms with van der Waals surface area (Å²) in [7, 11) is 0. The van der Waals surface area contributed by atoms with Crippen LogP contribution in [0.3, 0.4) is 0 Å². The van der Waals surface area contributed by atoms with E-state index in [4.69, 9.17) is 4.74 Å². The molecule has 3 heteroatoms. The molecule has 0 aromatic rings. The second-order valence-corrected chi connectivity index (χ2v) is 5.39. The Kier molecular flexibility index (Phi) is 4.22. The van der Waals surface area contributed by atoms with Gasteiger partial charge in [-0.25, -0.2) is 0 Å². The SMILES string of the molecule is CCCC(C)N1CCOC2(CCNCC2)C1. The Morgan fingerprint density at radius 3 is 2.81 bits per heavy atom. The molecule has 0 radical (unpaired) electrons. The smallest absolute Gasteiger partial charge is 0.0833 e. The van der Waals surface area contributed by atoms with Gasteiger partial charge in [0.1, 0.15) is 0 Å². The highest BCUT2D eigenvalue weighted by molar-refractivity contribution is 4.92. The molecule has 1 unspecified atom stereocenters. The summed E-state index contributed by atoms with van der Waals surface area (Å²) in [6.45, 7) is 10.1. The fraction of sp³-hybridized carbons (Fsp3) is 1.00. The zero-order valence-corrected chi connectivity index (χ0v) is 10.8. The minimum atomic E-state index is 0.172. The van der Waals surface area contributed by atoms with Crippen molar-refractivity contribution in [2.45, 2.75) is 51.2 Å². The summed E-state index contributed by atoms with van der Waals surface area (Å²) in [5, 5.41) is 3.43. The van der Waals surface area contributed by atoms with Gasteiger partial charge in [0.2, 0.25) is 0 Å². The van der Waals surface area contributed by atoms with E-state index in [1.165, 1.54) is 25.7 Å². The minimum absolute atomic E-state index is 0.172. The Morgan fingerprint density at radius 2 is 2.12 bits per heavy atom. The maximum absolute atomic E-state index is 6.08. The lowest BCUT2D eigenvalue weighted by atomic mass is 9.89. The van der Waals surface area contributed by atoms with Gasteiger partial charge in [-0.15, -0.1) is 0 Å². The Balaban J connectivity index is 1.92. The van der Waals surface area contributed by atoms with Crippen LogP contribution in [-0.4, -0.2) is 49.3 Å². The third kappa shape index (κ3) is 2.76. The summed E-state index contributed by atoms with van der Waals surface area (Å²) in [6.07, 6.45) is 4.96. The molecule has 0 amide bonds. The van der Waals surface area contributed by atoms with Gasteiger partial charge in [0.25, 0.3) is 0 Å². The van der Waals surface area contributed by atoms with Gasteiger partial charge in [0, 0.05) is 19.1 Å². The number of hydrogen-bond donors (Lipinski definition) is 1. The van der Waals surface area contributed by atoms with Crippen LogP contribution in [0.5, 0.6) is 0 Å². The molecule has 1 atom stereocenters. The first-order chi connectivity index (χ1) is 7.76. The molecule has 0 bridgehead atoms. The molecule has 0 aliphatic carbocycles. The largest absolute Gasteiger partial charge is 0.372 e. The number of piperidine rings is 1. The molecule has 0 saturated carbocycles. The molecule has 0 aromatic carbocycles. The van der Waals surface area contributed by atoms with E-state index in [0.717, 1.165) is 38.8 Å². The predicted molar refractivity (Wildman–Crippen MR) is 66.7 cm³/mol. The first kappa shape index (κ1) is 12.3. The predicted octanol–water partition coefficient (Wildman–Crippen LogP) is 1.63. The molecule has 2 heterocycles. The van der Waals surface area contributed by atoms with E-state index in [0.29, 0.717) is 0 Å². The van der Waals surface area contributed by atoms with Crippen molar-refractivity contribution in [3.63, 3.8) is 0 Å². The first-order valence-corrected chi connectivity index (χ1v) is 6.84. The molecule has 2 saturated heterocycles. The normalized spacial score (nSPS) is 28.1. The number of morpholine rings is 1. The van der Waals surface area contributed by atoms with Crippen LogP contribution in [0.25, 0.3) is 0 Å². The van der Waals surface area contributed by atoms with Crippen LogP contribution in [0.4, 0.5) is 0 Å². The van der Waals surface area contributed by atoms with Gasteiger partial charge in [-0.1, -0.05) is 13.3 Å². The van der Waals surface area contributed by atoms with Gasteiger partial charge in [0.05, 0.1) is 12.2 Å². The lowest BCUT2D eigenvalue weighted by Crippen LogP contribution is -2.57. The maximum atomic E-state index is 6.08. The molecule has 3 nitrogen and oxygen atoms in total. The van der Waals surface area contributed by atoms with Gasteiger partial charge in [-0.3, -0.25) is 4.90 Å². The van der Waals surface area contributed by atoms with Gasteiger partial charge in [-0.2, -0.15) is 0 Å². The summed E-state index contributed by atoms with van der Waals surface area (Å²) in [6, 6.07) is 0.723. The third-order valence-corrected chi connectivity index (χ3v) is 4.12. The molecule has 0 aromatic heterocycles. The van der Waals surface area contributed by atoms with Crippen molar-refractivity contribution in [1.82, 2.24) is 10.2 Å². The zero-order valence-electron chi connectivity index (χ0n) is 10.8. The summed E-state index contributed by atoms with van der Waals surface area (Å²) in [5.41, 5.74) is 0.172. The van der Waals surface area contributed by atoms with E-state index in [2.05, 4.69) is 24.1 Å². The van der Waals surface area contributed by atoms with Crippen LogP contribution in [0.15, 0.2) is 0 Å². The minimum Gasteiger partial charge on any atom is -0.372 e. The summed E-state index contributed by atoms with van der Waals surface area (Å²) >= 11 is 0. The zero-order chi connectivity index (χ0) is 11.4. The van der Waals surface area contributed by atoms with Crippen molar-refractivity contribution in [3.05, 3.63) is 0 Å². The van der Waals surface area contributed by atoms with Crippen LogP contribution < -0.4 is 5.32 Å². The van der Waals surface area contributed by atoms with Crippen LogP contribution in [-0.2, 0) is 4.74 Å². The molecule has 94 valence electrons. The lowest BCUT2D eigenvalue weighted by molar-refractivity contribution is -0.131. The Morgan fingerprint density at radius 1 is 1.38 bits per heavy atom. The number of ether oxygens (including phenoxy) is 1. The summed E-state index contributed by atoms with van der Waals surface area (Å²) in [4.78, 5) is 2.64. The van der Waals surface area contributed by atoms with Crippen molar-refractivity contribution in [3.8, 4) is 0 Å². The second kappa shape index (κ2) is 5.48. The highest BCUT2D eigenvalue weighted by atomic mass is 16.5. The van der Waals surface area contributed by atoms with Crippen molar-refractivity contribution in [2.24, 2.45) is 0 Å². The molecular formula is C13H26N2O. The average Bonchev–Trinajstić information content (AvgIpc) is 2.30. The van der Waals surface area contributed by atoms with Crippen LogP contribution in [0.1, 0.15) is 39.5 Å². The number of nitrogens with one attached hydrogen (secondary N) is 1. The van der Waals surface area contributed by atoms with Gasteiger partial charge in [-0.05, 0) is 39.3 Å². The molecule has 2 fully saturated rings. The van der Waals surface area contributed by atoms with E-state index in [1.54, 1.807) is 0 Å². The molecular weight excluding hydrogens is 200 g/mol. The molecule has 1 spiro atoms. The second-order valence-electron chi connectivity index (χ2n) is 5.39. The van der Waals surface area contributed by atoms with Gasteiger partial charge in [0.15, 0.2) is 0 Å².